The van der Waals surface area contributed by atoms with Gasteiger partial charge in [-0.2, -0.15) is 0 Å². The van der Waals surface area contributed by atoms with Gasteiger partial charge in [0, 0.05) is 0 Å². The highest BCUT2D eigenvalue weighted by Crippen LogP contribution is 2.31. The van der Waals surface area contributed by atoms with Crippen molar-refractivity contribution in [3.05, 3.63) is 176 Å². The van der Waals surface area contributed by atoms with E-state index >= 15 is 0 Å². The Balaban J connectivity index is 0.000000152. The summed E-state index contributed by atoms with van der Waals surface area (Å²) in [5.41, 5.74) is 9.09. The van der Waals surface area contributed by atoms with Crippen molar-refractivity contribution in [2.24, 2.45) is 0 Å². The Labute approximate surface area is 221 Å². The first kappa shape index (κ1) is 24.1. The van der Waals surface area contributed by atoms with Crippen molar-refractivity contribution in [1.82, 2.24) is 0 Å². The largest absolute Gasteiger partial charge is 0.241 e. The summed E-state index contributed by atoms with van der Waals surface area (Å²) < 4.78 is 0. The van der Waals surface area contributed by atoms with E-state index in [1.807, 2.05) is 0 Å². The standard InChI is InChI=1S/C18H15B.C18H14/c1-4-10-16(11-5-1)19(17-12-6-2-7-13-17)18-14-8-3-9-15-18;1-3-9-15(10-4-1)17-13-7-8-14-18(17)16-11-5-2-6-12-16/h1-15H;1-14H. The predicted molar refractivity (Wildman–Crippen MR) is 161 cm³/mol. The first-order valence-corrected chi connectivity index (χ1v) is 12.7. The molecule has 0 aliphatic heterocycles. The van der Waals surface area contributed by atoms with Crippen LogP contribution in [0.25, 0.3) is 22.3 Å². The van der Waals surface area contributed by atoms with Crippen molar-refractivity contribution in [2.45, 2.75) is 0 Å². The third-order valence-corrected chi connectivity index (χ3v) is 6.50. The van der Waals surface area contributed by atoms with Crippen LogP contribution in [0.1, 0.15) is 0 Å². The van der Waals surface area contributed by atoms with E-state index in [9.17, 15) is 0 Å². The average Bonchev–Trinajstić information content (AvgIpc) is 3.00. The molecule has 0 aliphatic rings. The summed E-state index contributed by atoms with van der Waals surface area (Å²) >= 11 is 0. The molecule has 0 saturated heterocycles. The highest BCUT2D eigenvalue weighted by molar-refractivity contribution is 6.95. The van der Waals surface area contributed by atoms with Crippen molar-refractivity contribution in [3.63, 3.8) is 0 Å². The van der Waals surface area contributed by atoms with Gasteiger partial charge in [0.1, 0.15) is 0 Å². The lowest BCUT2D eigenvalue weighted by atomic mass is 9.37. The van der Waals surface area contributed by atoms with E-state index in [-0.39, 0.29) is 0 Å². The van der Waals surface area contributed by atoms with E-state index in [2.05, 4.69) is 176 Å². The molecule has 0 aromatic heterocycles. The minimum absolute atomic E-state index is 0.309. The summed E-state index contributed by atoms with van der Waals surface area (Å²) in [5, 5.41) is 0. The van der Waals surface area contributed by atoms with Crippen LogP contribution in [0, 0.1) is 0 Å². The van der Waals surface area contributed by atoms with Gasteiger partial charge in [-0.15, -0.1) is 0 Å². The Morgan fingerprint density at radius 3 is 0.784 bits per heavy atom. The molecule has 0 spiro atoms. The molecule has 37 heavy (non-hydrogen) atoms. The van der Waals surface area contributed by atoms with Crippen LogP contribution in [-0.2, 0) is 0 Å². The lowest BCUT2D eigenvalue weighted by Gasteiger charge is -2.15. The normalized spacial score (nSPS) is 10.2. The second kappa shape index (κ2) is 12.4. The first-order chi connectivity index (χ1) is 18.4. The monoisotopic (exact) mass is 472 g/mol. The van der Waals surface area contributed by atoms with E-state index < -0.39 is 0 Å². The zero-order valence-electron chi connectivity index (χ0n) is 20.8. The van der Waals surface area contributed by atoms with Gasteiger partial charge in [0.2, 0.25) is 6.71 Å². The lowest BCUT2D eigenvalue weighted by Crippen LogP contribution is -2.51. The van der Waals surface area contributed by atoms with Crippen LogP contribution in [0.3, 0.4) is 0 Å². The van der Waals surface area contributed by atoms with Gasteiger partial charge < -0.3 is 0 Å². The van der Waals surface area contributed by atoms with E-state index in [0.717, 1.165) is 0 Å². The first-order valence-electron chi connectivity index (χ1n) is 12.7. The summed E-state index contributed by atoms with van der Waals surface area (Å²) in [6.45, 7) is 0.309. The molecule has 1 heteroatoms. The summed E-state index contributed by atoms with van der Waals surface area (Å²) in [5.74, 6) is 0. The average molecular weight is 472 g/mol. The molecule has 6 aromatic carbocycles. The second-order valence-corrected chi connectivity index (χ2v) is 8.94. The fourth-order valence-electron chi connectivity index (χ4n) is 4.74. The minimum atomic E-state index is 0.309. The molecule has 0 radical (unpaired) electrons. The van der Waals surface area contributed by atoms with Crippen molar-refractivity contribution in [3.8, 4) is 22.3 Å². The summed E-state index contributed by atoms with van der Waals surface area (Å²) in [6.07, 6.45) is 0. The summed E-state index contributed by atoms with van der Waals surface area (Å²) in [7, 11) is 0. The topological polar surface area (TPSA) is 0 Å². The zero-order chi connectivity index (χ0) is 25.1. The van der Waals surface area contributed by atoms with Crippen molar-refractivity contribution >= 4 is 23.1 Å². The molecule has 6 aromatic rings. The maximum absolute atomic E-state index is 2.20. The van der Waals surface area contributed by atoms with Gasteiger partial charge in [-0.3, -0.25) is 0 Å². The summed E-state index contributed by atoms with van der Waals surface area (Å²) in [4.78, 5) is 0. The molecule has 0 amide bonds. The molecule has 0 saturated carbocycles. The third kappa shape index (κ3) is 6.15. The third-order valence-electron chi connectivity index (χ3n) is 6.50. The number of hydrogen-bond acceptors (Lipinski definition) is 0. The lowest BCUT2D eigenvalue weighted by molar-refractivity contribution is 1.58. The van der Waals surface area contributed by atoms with Gasteiger partial charge in [0.15, 0.2) is 0 Å². The van der Waals surface area contributed by atoms with E-state index in [1.165, 1.54) is 38.6 Å². The maximum atomic E-state index is 2.20. The zero-order valence-corrected chi connectivity index (χ0v) is 20.8. The molecule has 0 fully saturated rings. The molecule has 0 heterocycles. The van der Waals surface area contributed by atoms with Gasteiger partial charge >= 0.3 is 0 Å². The Kier molecular flexibility index (Phi) is 8.06. The molecular formula is C36H29B. The minimum Gasteiger partial charge on any atom is -0.0687 e. The highest BCUT2D eigenvalue weighted by atomic mass is 14.1. The maximum Gasteiger partial charge on any atom is 0.241 e. The SMILES string of the molecule is c1ccc(-c2ccccc2-c2ccccc2)cc1.c1ccc(B(c2ccccc2)c2ccccc2)cc1. The van der Waals surface area contributed by atoms with Crippen molar-refractivity contribution in [1.29, 1.82) is 0 Å². The van der Waals surface area contributed by atoms with Crippen LogP contribution >= 0.6 is 0 Å². The van der Waals surface area contributed by atoms with Crippen LogP contribution in [0.15, 0.2) is 176 Å². The molecule has 0 unspecified atom stereocenters. The quantitative estimate of drug-likeness (QED) is 0.232. The molecule has 0 aliphatic carbocycles. The van der Waals surface area contributed by atoms with Crippen LogP contribution in [0.4, 0.5) is 0 Å². The number of hydrogen-bond donors (Lipinski definition) is 0. The molecule has 0 N–H and O–H groups in total. The Hall–Kier alpha value is -4.62. The van der Waals surface area contributed by atoms with Gasteiger partial charge in [-0.1, -0.05) is 192 Å². The smallest absolute Gasteiger partial charge is 0.0687 e. The molecule has 0 atom stereocenters. The fraction of sp³-hybridized carbons (Fsp3) is 0. The van der Waals surface area contributed by atoms with E-state index in [0.29, 0.717) is 6.71 Å². The number of benzene rings is 6. The van der Waals surface area contributed by atoms with Gasteiger partial charge in [-0.05, 0) is 22.3 Å². The van der Waals surface area contributed by atoms with Gasteiger partial charge in [-0.25, -0.2) is 0 Å². The molecule has 6 rings (SSSR count). The molecule has 0 nitrogen and oxygen atoms in total. The van der Waals surface area contributed by atoms with Gasteiger partial charge in [0.05, 0.1) is 0 Å². The predicted octanol–water partition coefficient (Wildman–Crippen LogP) is 7.22. The van der Waals surface area contributed by atoms with E-state index in [1.54, 1.807) is 0 Å². The van der Waals surface area contributed by atoms with Crippen LogP contribution < -0.4 is 16.4 Å². The Morgan fingerprint density at radius 2 is 0.486 bits per heavy atom. The van der Waals surface area contributed by atoms with Gasteiger partial charge in [0.25, 0.3) is 0 Å². The fourth-order valence-corrected chi connectivity index (χ4v) is 4.74. The van der Waals surface area contributed by atoms with Crippen LogP contribution in [-0.4, -0.2) is 6.71 Å². The number of rotatable bonds is 5. The van der Waals surface area contributed by atoms with Crippen molar-refractivity contribution < 1.29 is 0 Å². The molecule has 0 bridgehead atoms. The van der Waals surface area contributed by atoms with Crippen LogP contribution in [0.2, 0.25) is 0 Å². The highest BCUT2D eigenvalue weighted by Gasteiger charge is 2.20. The summed E-state index contributed by atoms with van der Waals surface area (Å²) in [6, 6.07) is 61.6. The molecular weight excluding hydrogens is 443 g/mol. The second-order valence-electron chi connectivity index (χ2n) is 8.94. The van der Waals surface area contributed by atoms with Crippen LogP contribution in [0.5, 0.6) is 0 Å². The molecule has 176 valence electrons. The Morgan fingerprint density at radius 1 is 0.243 bits per heavy atom. The van der Waals surface area contributed by atoms with Crippen molar-refractivity contribution in [2.75, 3.05) is 0 Å². The van der Waals surface area contributed by atoms with E-state index in [4.69, 9.17) is 0 Å². The Bertz CT molecular complexity index is 1330.